The number of rotatable bonds is 3. The second-order valence-electron chi connectivity index (χ2n) is 4.51. The number of ether oxygens (including phenoxy) is 1. The Balaban J connectivity index is 2.26. The zero-order chi connectivity index (χ0) is 14.7. The lowest BCUT2D eigenvalue weighted by Gasteiger charge is -2.23. The van der Waals surface area contributed by atoms with Crippen LogP contribution in [0.5, 0.6) is 0 Å². The van der Waals surface area contributed by atoms with Crippen LogP contribution in [0.2, 0.25) is 5.02 Å². The molecule has 0 spiro atoms. The fraction of sp³-hybridized carbons (Fsp3) is 0.429. The van der Waals surface area contributed by atoms with Crippen LogP contribution in [-0.4, -0.2) is 36.0 Å². The van der Waals surface area contributed by atoms with Crippen molar-refractivity contribution in [1.82, 2.24) is 4.90 Å². The summed E-state index contributed by atoms with van der Waals surface area (Å²) in [5, 5.41) is 0.0458. The SMILES string of the molecule is CCOC(=O)C1CCCN1C(=O)c1c(F)cccc1Cl. The maximum absolute atomic E-state index is 13.8. The molecule has 1 fully saturated rings. The van der Waals surface area contributed by atoms with Crippen molar-refractivity contribution in [1.29, 1.82) is 0 Å². The number of hydrogen-bond acceptors (Lipinski definition) is 3. The molecule has 0 aliphatic carbocycles. The van der Waals surface area contributed by atoms with Crippen LogP contribution in [-0.2, 0) is 9.53 Å². The van der Waals surface area contributed by atoms with E-state index in [0.29, 0.717) is 19.4 Å². The first-order valence-electron chi connectivity index (χ1n) is 6.48. The second-order valence-corrected chi connectivity index (χ2v) is 4.91. The first kappa shape index (κ1) is 14.8. The summed E-state index contributed by atoms with van der Waals surface area (Å²) in [5.41, 5.74) is -0.189. The number of esters is 1. The lowest BCUT2D eigenvalue weighted by atomic mass is 10.1. The Morgan fingerprint density at radius 1 is 1.50 bits per heavy atom. The third kappa shape index (κ3) is 2.77. The quantitative estimate of drug-likeness (QED) is 0.806. The average molecular weight is 300 g/mol. The molecule has 1 aliphatic rings. The molecule has 1 aromatic carbocycles. The van der Waals surface area contributed by atoms with Crippen LogP contribution < -0.4 is 0 Å². The van der Waals surface area contributed by atoms with E-state index >= 15 is 0 Å². The van der Waals surface area contributed by atoms with E-state index in [2.05, 4.69) is 0 Å². The van der Waals surface area contributed by atoms with Gasteiger partial charge >= 0.3 is 5.97 Å². The molecule has 6 heteroatoms. The first-order valence-corrected chi connectivity index (χ1v) is 6.85. The van der Waals surface area contributed by atoms with Gasteiger partial charge in [-0.15, -0.1) is 0 Å². The zero-order valence-corrected chi connectivity index (χ0v) is 11.8. The highest BCUT2D eigenvalue weighted by Crippen LogP contribution is 2.26. The minimum Gasteiger partial charge on any atom is -0.464 e. The number of nitrogens with zero attached hydrogens (tertiary/aromatic N) is 1. The molecule has 20 heavy (non-hydrogen) atoms. The number of amides is 1. The Morgan fingerprint density at radius 3 is 2.90 bits per heavy atom. The van der Waals surface area contributed by atoms with Gasteiger partial charge in [-0.25, -0.2) is 9.18 Å². The number of hydrogen-bond donors (Lipinski definition) is 0. The van der Waals surface area contributed by atoms with Gasteiger partial charge in [-0.05, 0) is 31.9 Å². The van der Waals surface area contributed by atoms with Crippen molar-refractivity contribution < 1.29 is 18.7 Å². The Morgan fingerprint density at radius 2 is 2.25 bits per heavy atom. The van der Waals surface area contributed by atoms with Crippen LogP contribution in [0.15, 0.2) is 18.2 Å². The summed E-state index contributed by atoms with van der Waals surface area (Å²) in [5.74, 6) is -1.70. The minimum atomic E-state index is -0.683. The maximum Gasteiger partial charge on any atom is 0.328 e. The molecule has 2 rings (SSSR count). The number of carbonyl (C=O) groups is 2. The monoisotopic (exact) mass is 299 g/mol. The van der Waals surface area contributed by atoms with Crippen LogP contribution in [0.3, 0.4) is 0 Å². The molecule has 0 bridgehead atoms. The van der Waals surface area contributed by atoms with Crippen molar-refractivity contribution in [3.63, 3.8) is 0 Å². The van der Waals surface area contributed by atoms with E-state index in [-0.39, 0.29) is 17.2 Å². The van der Waals surface area contributed by atoms with Gasteiger partial charge in [0.2, 0.25) is 0 Å². The van der Waals surface area contributed by atoms with Gasteiger partial charge < -0.3 is 9.64 Å². The van der Waals surface area contributed by atoms with Crippen LogP contribution in [0.25, 0.3) is 0 Å². The van der Waals surface area contributed by atoms with Crippen molar-refractivity contribution in [3.05, 3.63) is 34.6 Å². The van der Waals surface area contributed by atoms with Gasteiger partial charge in [0.25, 0.3) is 5.91 Å². The molecule has 1 heterocycles. The van der Waals surface area contributed by atoms with Gasteiger partial charge in [0.1, 0.15) is 11.9 Å². The van der Waals surface area contributed by atoms with Gasteiger partial charge in [-0.2, -0.15) is 0 Å². The molecule has 1 saturated heterocycles. The van der Waals surface area contributed by atoms with Crippen molar-refractivity contribution >= 4 is 23.5 Å². The molecule has 1 aliphatic heterocycles. The van der Waals surface area contributed by atoms with Gasteiger partial charge in [-0.1, -0.05) is 17.7 Å². The molecular formula is C14H15ClFNO3. The minimum absolute atomic E-state index is 0.0458. The predicted molar refractivity (Wildman–Crippen MR) is 72.1 cm³/mol. The van der Waals surface area contributed by atoms with E-state index in [9.17, 15) is 14.0 Å². The molecule has 108 valence electrons. The van der Waals surface area contributed by atoms with E-state index in [0.717, 1.165) is 0 Å². The molecule has 0 radical (unpaired) electrons. The topological polar surface area (TPSA) is 46.6 Å². The summed E-state index contributed by atoms with van der Waals surface area (Å²) in [6, 6.07) is 3.40. The van der Waals surface area contributed by atoms with Crippen LogP contribution in [0, 0.1) is 5.82 Å². The summed E-state index contributed by atoms with van der Waals surface area (Å²) >= 11 is 5.89. The van der Waals surface area contributed by atoms with Gasteiger partial charge in [-0.3, -0.25) is 4.79 Å². The van der Waals surface area contributed by atoms with Crippen molar-refractivity contribution in [3.8, 4) is 0 Å². The smallest absolute Gasteiger partial charge is 0.328 e. The first-order chi connectivity index (χ1) is 9.56. The summed E-state index contributed by atoms with van der Waals surface area (Å²) < 4.78 is 18.7. The normalized spacial score (nSPS) is 18.1. The molecular weight excluding hydrogens is 285 g/mol. The highest BCUT2D eigenvalue weighted by molar-refractivity contribution is 6.33. The van der Waals surface area contributed by atoms with Crippen LogP contribution in [0.4, 0.5) is 4.39 Å². The lowest BCUT2D eigenvalue weighted by Crippen LogP contribution is -2.41. The van der Waals surface area contributed by atoms with E-state index in [1.165, 1.54) is 23.1 Å². The summed E-state index contributed by atoms with van der Waals surface area (Å²) in [7, 11) is 0. The van der Waals surface area contributed by atoms with Crippen molar-refractivity contribution in [2.75, 3.05) is 13.2 Å². The standard InChI is InChI=1S/C14H15ClFNO3/c1-2-20-14(19)11-7-4-8-17(11)13(18)12-9(15)5-3-6-10(12)16/h3,5-6,11H,2,4,7-8H2,1H3. The highest BCUT2D eigenvalue weighted by atomic mass is 35.5. The molecule has 0 saturated carbocycles. The van der Waals surface area contributed by atoms with E-state index < -0.39 is 23.7 Å². The van der Waals surface area contributed by atoms with Crippen molar-refractivity contribution in [2.45, 2.75) is 25.8 Å². The van der Waals surface area contributed by atoms with E-state index in [4.69, 9.17) is 16.3 Å². The summed E-state index contributed by atoms with van der Waals surface area (Å²) in [6.45, 7) is 2.34. The fourth-order valence-corrected chi connectivity index (χ4v) is 2.58. The molecule has 1 amide bonds. The maximum atomic E-state index is 13.8. The largest absolute Gasteiger partial charge is 0.464 e. The Bertz CT molecular complexity index is 515. The Hall–Kier alpha value is -1.62. The molecule has 4 nitrogen and oxygen atoms in total. The Kier molecular flexibility index (Phi) is 4.60. The fourth-order valence-electron chi connectivity index (χ4n) is 2.34. The number of halogens is 2. The lowest BCUT2D eigenvalue weighted by molar-refractivity contribution is -0.147. The molecule has 1 unspecified atom stereocenters. The van der Waals surface area contributed by atoms with Crippen LogP contribution >= 0.6 is 11.6 Å². The van der Waals surface area contributed by atoms with Gasteiger partial charge in [0.05, 0.1) is 17.2 Å². The molecule has 1 atom stereocenters. The van der Waals surface area contributed by atoms with Crippen molar-refractivity contribution in [2.24, 2.45) is 0 Å². The van der Waals surface area contributed by atoms with Gasteiger partial charge in [0, 0.05) is 6.54 Å². The molecule has 1 aromatic rings. The number of likely N-dealkylation sites (tertiary alicyclic amines) is 1. The number of carbonyl (C=O) groups excluding carboxylic acids is 2. The average Bonchev–Trinajstić information content (AvgIpc) is 2.87. The van der Waals surface area contributed by atoms with E-state index in [1.807, 2.05) is 0 Å². The van der Waals surface area contributed by atoms with Crippen LogP contribution in [0.1, 0.15) is 30.1 Å². The van der Waals surface area contributed by atoms with E-state index in [1.54, 1.807) is 6.92 Å². The molecule has 0 N–H and O–H groups in total. The highest BCUT2D eigenvalue weighted by Gasteiger charge is 2.37. The summed E-state index contributed by atoms with van der Waals surface area (Å²) in [4.78, 5) is 25.6. The molecule has 0 aromatic heterocycles. The predicted octanol–water partition coefficient (Wildman–Crippen LogP) is 2.65. The summed E-state index contributed by atoms with van der Waals surface area (Å²) in [6.07, 6.45) is 1.21. The zero-order valence-electron chi connectivity index (χ0n) is 11.1. The number of benzene rings is 1. The third-order valence-corrected chi connectivity index (χ3v) is 3.56. The Labute approximate surface area is 121 Å². The van der Waals surface area contributed by atoms with Gasteiger partial charge in [0.15, 0.2) is 0 Å². The third-order valence-electron chi connectivity index (χ3n) is 3.25. The second kappa shape index (κ2) is 6.22.